The van der Waals surface area contributed by atoms with E-state index in [4.69, 9.17) is 15.8 Å². The second kappa shape index (κ2) is 6.23. The molecule has 1 saturated heterocycles. The molecule has 1 aliphatic heterocycles. The molecule has 27 heavy (non-hydrogen) atoms. The van der Waals surface area contributed by atoms with Gasteiger partial charge in [-0.25, -0.2) is 4.52 Å². The molecular formula is C19H26N8. The largest absolute Gasteiger partial charge is 0.339 e. The fourth-order valence-electron chi connectivity index (χ4n) is 4.52. The average molecular weight is 366 g/mol. The van der Waals surface area contributed by atoms with Gasteiger partial charge in [0.05, 0.1) is 0 Å². The number of hydrogen-bond acceptors (Lipinski definition) is 6. The number of aromatic nitrogens is 5. The van der Waals surface area contributed by atoms with Crippen LogP contribution in [0, 0.1) is 12.3 Å². The first-order chi connectivity index (χ1) is 13.1. The van der Waals surface area contributed by atoms with E-state index >= 15 is 0 Å². The highest BCUT2D eigenvalue weighted by Gasteiger charge is 2.41. The number of nitrogens with two attached hydrogens (primary N) is 1. The third-order valence-electron chi connectivity index (χ3n) is 6.14. The predicted octanol–water partition coefficient (Wildman–Crippen LogP) is 2.60. The van der Waals surface area contributed by atoms with E-state index in [1.54, 1.807) is 0 Å². The van der Waals surface area contributed by atoms with Crippen LogP contribution in [-0.4, -0.2) is 43.9 Å². The number of aryl methyl sites for hydroxylation is 1. The number of hydrogen-bond donors (Lipinski definition) is 3. The Morgan fingerprint density at radius 3 is 2.93 bits per heavy atom. The van der Waals surface area contributed by atoms with Gasteiger partial charge in [0.15, 0.2) is 11.6 Å². The molecule has 1 saturated carbocycles. The van der Waals surface area contributed by atoms with Crippen LogP contribution in [0.25, 0.3) is 5.52 Å². The van der Waals surface area contributed by atoms with Gasteiger partial charge < -0.3 is 16.0 Å². The second-order valence-electron chi connectivity index (χ2n) is 8.17. The van der Waals surface area contributed by atoms with Crippen molar-refractivity contribution in [3.8, 4) is 0 Å². The minimum Gasteiger partial charge on any atom is -0.339 e. The van der Waals surface area contributed by atoms with Gasteiger partial charge in [-0.2, -0.15) is 10.1 Å². The van der Waals surface area contributed by atoms with Crippen molar-refractivity contribution in [2.45, 2.75) is 45.1 Å². The van der Waals surface area contributed by atoms with E-state index in [0.29, 0.717) is 11.5 Å². The summed E-state index contributed by atoms with van der Waals surface area (Å²) >= 11 is 0. The summed E-state index contributed by atoms with van der Waals surface area (Å²) in [6.07, 6.45) is 7.87. The Labute approximate surface area is 158 Å². The van der Waals surface area contributed by atoms with Crippen molar-refractivity contribution in [2.75, 3.05) is 23.3 Å². The minimum absolute atomic E-state index is 0.380. The highest BCUT2D eigenvalue weighted by atomic mass is 15.4. The van der Waals surface area contributed by atoms with Crippen molar-refractivity contribution in [1.29, 1.82) is 0 Å². The van der Waals surface area contributed by atoms with E-state index < -0.39 is 0 Å². The first-order valence-corrected chi connectivity index (χ1v) is 9.75. The van der Waals surface area contributed by atoms with Gasteiger partial charge in [-0.3, -0.25) is 5.10 Å². The molecule has 0 radical (unpaired) electrons. The fourth-order valence-corrected chi connectivity index (χ4v) is 4.52. The van der Waals surface area contributed by atoms with Crippen molar-refractivity contribution < 1.29 is 0 Å². The van der Waals surface area contributed by atoms with Gasteiger partial charge in [-0.05, 0) is 56.6 Å². The molecule has 2 fully saturated rings. The first-order valence-electron chi connectivity index (χ1n) is 9.75. The lowest BCUT2D eigenvalue weighted by molar-refractivity contribution is 0.202. The molecule has 1 spiro atoms. The van der Waals surface area contributed by atoms with Crippen LogP contribution in [0.2, 0.25) is 0 Å². The molecule has 8 heteroatoms. The Bertz CT molecular complexity index is 950. The number of nitrogens with zero attached hydrogens (tertiary/aromatic N) is 5. The molecule has 0 unspecified atom stereocenters. The zero-order chi connectivity index (χ0) is 18.4. The highest BCUT2D eigenvalue weighted by molar-refractivity contribution is 5.73. The highest BCUT2D eigenvalue weighted by Crippen LogP contribution is 2.44. The molecule has 2 aliphatic rings. The monoisotopic (exact) mass is 366 g/mol. The van der Waals surface area contributed by atoms with Crippen LogP contribution in [-0.2, 0) is 0 Å². The Morgan fingerprint density at radius 1 is 1.30 bits per heavy atom. The quantitative estimate of drug-likeness (QED) is 0.659. The van der Waals surface area contributed by atoms with Gasteiger partial charge in [0, 0.05) is 37.1 Å². The van der Waals surface area contributed by atoms with E-state index in [1.807, 2.05) is 35.8 Å². The van der Waals surface area contributed by atoms with Crippen molar-refractivity contribution >= 4 is 23.1 Å². The Morgan fingerprint density at radius 2 is 2.15 bits per heavy atom. The van der Waals surface area contributed by atoms with Crippen LogP contribution >= 0.6 is 0 Å². The molecule has 0 amide bonds. The number of H-pyrrole nitrogens is 1. The molecule has 0 aromatic carbocycles. The minimum atomic E-state index is 0.380. The number of rotatable bonds is 3. The summed E-state index contributed by atoms with van der Waals surface area (Å²) in [6, 6.07) is 6.35. The molecule has 142 valence electrons. The fraction of sp³-hybridized carbons (Fsp3) is 0.526. The van der Waals surface area contributed by atoms with Crippen LogP contribution in [0.5, 0.6) is 0 Å². The maximum absolute atomic E-state index is 6.12. The van der Waals surface area contributed by atoms with Gasteiger partial charge >= 0.3 is 0 Å². The van der Waals surface area contributed by atoms with E-state index in [-0.39, 0.29) is 0 Å². The first kappa shape index (κ1) is 16.6. The standard InChI is InChI=1S/C19H26N8/c1-13-11-16(24-23-13)21-17-15-3-2-9-27(15)25-18(22-17)26-10-8-19(12-26)6-4-14(20)5-7-19/h2-3,9,11,14H,4-8,10,12,20H2,1H3,(H2,21,22,23,24,25). The third kappa shape index (κ3) is 3.03. The average Bonchev–Trinajstić information content (AvgIpc) is 3.38. The lowest BCUT2D eigenvalue weighted by atomic mass is 9.72. The molecule has 8 nitrogen and oxygen atoms in total. The molecule has 5 rings (SSSR count). The van der Waals surface area contributed by atoms with E-state index in [2.05, 4.69) is 20.4 Å². The number of aromatic amines is 1. The predicted molar refractivity (Wildman–Crippen MR) is 105 cm³/mol. The SMILES string of the molecule is Cc1cc(Nc2nc(N3CCC4(CCC(N)CC4)C3)nn3cccc23)n[nH]1. The van der Waals surface area contributed by atoms with Crippen molar-refractivity contribution in [2.24, 2.45) is 11.1 Å². The van der Waals surface area contributed by atoms with Gasteiger partial charge in [-0.15, -0.1) is 5.10 Å². The van der Waals surface area contributed by atoms with E-state index in [0.717, 1.165) is 54.7 Å². The van der Waals surface area contributed by atoms with Crippen LogP contribution in [0.4, 0.5) is 17.6 Å². The lowest BCUT2D eigenvalue weighted by Crippen LogP contribution is -2.36. The summed E-state index contributed by atoms with van der Waals surface area (Å²) in [4.78, 5) is 7.19. The van der Waals surface area contributed by atoms with Gasteiger partial charge in [0.25, 0.3) is 0 Å². The van der Waals surface area contributed by atoms with Crippen LogP contribution < -0.4 is 16.0 Å². The van der Waals surface area contributed by atoms with E-state index in [1.165, 1.54) is 19.3 Å². The zero-order valence-electron chi connectivity index (χ0n) is 15.6. The second-order valence-corrected chi connectivity index (χ2v) is 8.17. The van der Waals surface area contributed by atoms with Crippen molar-refractivity contribution in [3.63, 3.8) is 0 Å². The molecule has 3 aromatic heterocycles. The summed E-state index contributed by atoms with van der Waals surface area (Å²) in [5, 5.41) is 15.3. The lowest BCUT2D eigenvalue weighted by Gasteiger charge is -2.35. The maximum Gasteiger partial charge on any atom is 0.245 e. The van der Waals surface area contributed by atoms with E-state index in [9.17, 15) is 0 Å². The van der Waals surface area contributed by atoms with Gasteiger partial charge in [0.2, 0.25) is 5.95 Å². The number of anilines is 3. The van der Waals surface area contributed by atoms with Crippen LogP contribution in [0.3, 0.4) is 0 Å². The molecule has 4 N–H and O–H groups in total. The smallest absolute Gasteiger partial charge is 0.245 e. The Kier molecular flexibility index (Phi) is 3.82. The summed E-state index contributed by atoms with van der Waals surface area (Å²) in [7, 11) is 0. The molecule has 0 bridgehead atoms. The third-order valence-corrected chi connectivity index (χ3v) is 6.14. The number of fused-ring (bicyclic) bond motifs is 1. The molecule has 3 aromatic rings. The van der Waals surface area contributed by atoms with Crippen LogP contribution in [0.1, 0.15) is 37.8 Å². The normalized spacial score (nSPS) is 25.6. The molecule has 1 aliphatic carbocycles. The number of nitrogens with one attached hydrogen (secondary N) is 2. The molecule has 0 atom stereocenters. The maximum atomic E-state index is 6.12. The zero-order valence-corrected chi connectivity index (χ0v) is 15.6. The summed E-state index contributed by atoms with van der Waals surface area (Å²) in [5.41, 5.74) is 8.46. The topological polar surface area (TPSA) is 100 Å². The molecular weight excluding hydrogens is 340 g/mol. The van der Waals surface area contributed by atoms with Gasteiger partial charge in [0.1, 0.15) is 5.52 Å². The summed E-state index contributed by atoms with van der Waals surface area (Å²) in [6.45, 7) is 4.01. The summed E-state index contributed by atoms with van der Waals surface area (Å²) in [5.74, 6) is 2.32. The summed E-state index contributed by atoms with van der Waals surface area (Å²) < 4.78 is 1.89. The molecule has 4 heterocycles. The van der Waals surface area contributed by atoms with Gasteiger partial charge in [-0.1, -0.05) is 0 Å². The van der Waals surface area contributed by atoms with Crippen molar-refractivity contribution in [3.05, 3.63) is 30.1 Å². The Hall–Kier alpha value is -2.61. The Balaban J connectivity index is 1.44. The van der Waals surface area contributed by atoms with Crippen molar-refractivity contribution in [1.82, 2.24) is 24.8 Å². The van der Waals surface area contributed by atoms with Crippen LogP contribution in [0.15, 0.2) is 24.4 Å².